The Bertz CT molecular complexity index is 772. The van der Waals surface area contributed by atoms with Crippen molar-refractivity contribution in [1.29, 1.82) is 0 Å². The van der Waals surface area contributed by atoms with Crippen LogP contribution in [0.25, 0.3) is 0 Å². The summed E-state index contributed by atoms with van der Waals surface area (Å²) >= 11 is 6.41. The second kappa shape index (κ2) is 7.46. The normalized spacial score (nSPS) is 13.6. The topological polar surface area (TPSA) is 43.8 Å². The minimum atomic E-state index is -0.0204. The van der Waals surface area contributed by atoms with Crippen molar-refractivity contribution >= 4 is 17.5 Å². The van der Waals surface area contributed by atoms with Crippen LogP contribution in [0.5, 0.6) is 5.75 Å². The molecule has 5 heteroatoms. The minimum Gasteiger partial charge on any atom is -0.508 e. The summed E-state index contributed by atoms with van der Waals surface area (Å²) in [7, 11) is 4.13. The summed E-state index contributed by atoms with van der Waals surface area (Å²) in [5, 5.41) is 9.93. The number of amides is 1. The van der Waals surface area contributed by atoms with Crippen molar-refractivity contribution in [2.24, 2.45) is 0 Å². The van der Waals surface area contributed by atoms with E-state index in [2.05, 4.69) is 25.1 Å². The molecule has 1 heterocycles. The Morgan fingerprint density at radius 3 is 2.56 bits per heavy atom. The van der Waals surface area contributed by atoms with E-state index in [9.17, 15) is 9.90 Å². The molecule has 0 bridgehead atoms. The van der Waals surface area contributed by atoms with Crippen LogP contribution in [0.2, 0.25) is 5.02 Å². The van der Waals surface area contributed by atoms with Crippen molar-refractivity contribution in [2.75, 3.05) is 20.6 Å². The lowest BCUT2D eigenvalue weighted by atomic mass is 10.0. The van der Waals surface area contributed by atoms with E-state index in [4.69, 9.17) is 11.6 Å². The Morgan fingerprint density at radius 1 is 1.16 bits per heavy atom. The van der Waals surface area contributed by atoms with E-state index in [1.54, 1.807) is 17.0 Å². The number of nitrogens with zero attached hydrogens (tertiary/aromatic N) is 2. The first kappa shape index (κ1) is 17.8. The standard InChI is InChI=1S/C20H23ClN2O2/c1-22(2)9-3-4-15-10-16-13-23(20(25)19(16)18(21)11-15)12-14-5-7-17(24)8-6-14/h5-8,10-11,24H,3-4,9,12-13H2,1-2H3. The van der Waals surface area contributed by atoms with Crippen LogP contribution in [0.1, 0.15) is 33.5 Å². The van der Waals surface area contributed by atoms with Crippen molar-refractivity contribution in [2.45, 2.75) is 25.9 Å². The van der Waals surface area contributed by atoms with E-state index in [1.165, 1.54) is 5.56 Å². The molecule has 0 saturated heterocycles. The third-order valence-electron chi connectivity index (χ3n) is 4.47. The van der Waals surface area contributed by atoms with Gasteiger partial charge in [-0.2, -0.15) is 0 Å². The van der Waals surface area contributed by atoms with Crippen LogP contribution in [0.4, 0.5) is 0 Å². The molecule has 0 unspecified atom stereocenters. The summed E-state index contributed by atoms with van der Waals surface area (Å²) in [4.78, 5) is 16.7. The highest BCUT2D eigenvalue weighted by Crippen LogP contribution is 2.32. The van der Waals surface area contributed by atoms with E-state index in [0.29, 0.717) is 23.7 Å². The molecule has 0 fully saturated rings. The number of halogens is 1. The summed E-state index contributed by atoms with van der Waals surface area (Å²) in [6, 6.07) is 11.0. The summed E-state index contributed by atoms with van der Waals surface area (Å²) in [6.45, 7) is 2.12. The molecule has 1 aliphatic rings. The number of rotatable bonds is 6. The number of aromatic hydroxyl groups is 1. The summed E-state index contributed by atoms with van der Waals surface area (Å²) in [5.74, 6) is 0.207. The van der Waals surface area contributed by atoms with Gasteiger partial charge in [-0.15, -0.1) is 0 Å². The summed E-state index contributed by atoms with van der Waals surface area (Å²) in [5.41, 5.74) is 3.82. The molecular weight excluding hydrogens is 336 g/mol. The second-order valence-electron chi connectivity index (χ2n) is 6.85. The SMILES string of the molecule is CN(C)CCCc1cc(Cl)c2c(c1)CN(Cc1ccc(O)cc1)C2=O. The van der Waals surface area contributed by atoms with E-state index >= 15 is 0 Å². The lowest BCUT2D eigenvalue weighted by molar-refractivity contribution is 0.0767. The number of benzene rings is 2. The number of hydrogen-bond donors (Lipinski definition) is 1. The van der Waals surface area contributed by atoms with E-state index in [-0.39, 0.29) is 11.7 Å². The molecule has 132 valence electrons. The van der Waals surface area contributed by atoms with Crippen molar-refractivity contribution in [3.63, 3.8) is 0 Å². The van der Waals surface area contributed by atoms with Crippen LogP contribution in [0.3, 0.4) is 0 Å². The molecule has 0 radical (unpaired) electrons. The molecule has 1 N–H and O–H groups in total. The molecule has 0 aromatic heterocycles. The van der Waals surface area contributed by atoms with Crippen molar-refractivity contribution in [3.05, 3.63) is 63.7 Å². The number of phenols is 1. The molecule has 25 heavy (non-hydrogen) atoms. The fraction of sp³-hybridized carbons (Fsp3) is 0.350. The summed E-state index contributed by atoms with van der Waals surface area (Å²) in [6.07, 6.45) is 2.02. The molecular formula is C20H23ClN2O2. The van der Waals surface area contributed by atoms with Gasteiger partial charge in [0.1, 0.15) is 5.75 Å². The first-order valence-corrected chi connectivity index (χ1v) is 8.85. The lowest BCUT2D eigenvalue weighted by Crippen LogP contribution is -2.23. The molecule has 0 saturated carbocycles. The van der Waals surface area contributed by atoms with Gasteiger partial charge in [-0.3, -0.25) is 4.79 Å². The first-order valence-electron chi connectivity index (χ1n) is 8.47. The maximum Gasteiger partial charge on any atom is 0.256 e. The van der Waals surface area contributed by atoms with Gasteiger partial charge in [0.25, 0.3) is 5.91 Å². The lowest BCUT2D eigenvalue weighted by Gasteiger charge is -2.15. The predicted molar refractivity (Wildman–Crippen MR) is 100 cm³/mol. The molecule has 3 rings (SSSR count). The maximum atomic E-state index is 12.7. The van der Waals surface area contributed by atoms with Gasteiger partial charge in [-0.05, 0) is 68.4 Å². The average molecular weight is 359 g/mol. The Kier molecular flexibility index (Phi) is 5.30. The van der Waals surface area contributed by atoms with Gasteiger partial charge in [0.15, 0.2) is 0 Å². The second-order valence-corrected chi connectivity index (χ2v) is 7.25. The largest absolute Gasteiger partial charge is 0.508 e. The van der Waals surface area contributed by atoms with Crippen LogP contribution in [-0.4, -0.2) is 41.5 Å². The van der Waals surface area contributed by atoms with E-state index in [0.717, 1.165) is 30.5 Å². The Morgan fingerprint density at radius 2 is 1.88 bits per heavy atom. The fourth-order valence-electron chi connectivity index (χ4n) is 3.22. The highest BCUT2D eigenvalue weighted by molar-refractivity contribution is 6.34. The molecule has 4 nitrogen and oxygen atoms in total. The highest BCUT2D eigenvalue weighted by Gasteiger charge is 2.30. The number of aryl methyl sites for hydroxylation is 1. The monoisotopic (exact) mass is 358 g/mol. The van der Waals surface area contributed by atoms with Gasteiger partial charge >= 0.3 is 0 Å². The molecule has 0 aliphatic carbocycles. The third kappa shape index (κ3) is 4.14. The van der Waals surface area contributed by atoms with Crippen LogP contribution in [0, 0.1) is 0 Å². The molecule has 1 amide bonds. The fourth-order valence-corrected chi connectivity index (χ4v) is 3.56. The maximum absolute atomic E-state index is 12.7. The van der Waals surface area contributed by atoms with Crippen LogP contribution in [-0.2, 0) is 19.5 Å². The number of hydrogen-bond acceptors (Lipinski definition) is 3. The summed E-state index contributed by atoms with van der Waals surface area (Å²) < 4.78 is 0. The quantitative estimate of drug-likeness (QED) is 0.856. The Labute approximate surface area is 153 Å². The number of carbonyl (C=O) groups excluding carboxylic acids is 1. The van der Waals surface area contributed by atoms with Crippen molar-refractivity contribution < 1.29 is 9.90 Å². The van der Waals surface area contributed by atoms with E-state index in [1.807, 2.05) is 18.2 Å². The average Bonchev–Trinajstić information content (AvgIpc) is 2.85. The van der Waals surface area contributed by atoms with Crippen LogP contribution < -0.4 is 0 Å². The van der Waals surface area contributed by atoms with E-state index < -0.39 is 0 Å². The number of fused-ring (bicyclic) bond motifs is 1. The van der Waals surface area contributed by atoms with Crippen LogP contribution in [0.15, 0.2) is 36.4 Å². The van der Waals surface area contributed by atoms with Gasteiger partial charge in [-0.25, -0.2) is 0 Å². The van der Waals surface area contributed by atoms with Gasteiger partial charge in [0.05, 0.1) is 10.6 Å². The zero-order valence-corrected chi connectivity index (χ0v) is 15.4. The van der Waals surface area contributed by atoms with Gasteiger partial charge in [0, 0.05) is 13.1 Å². The Hall–Kier alpha value is -2.04. The molecule has 0 atom stereocenters. The van der Waals surface area contributed by atoms with Crippen molar-refractivity contribution in [1.82, 2.24) is 9.80 Å². The van der Waals surface area contributed by atoms with Gasteiger partial charge in [-0.1, -0.05) is 29.8 Å². The predicted octanol–water partition coefficient (Wildman–Crippen LogP) is 3.70. The van der Waals surface area contributed by atoms with Gasteiger partial charge in [0.2, 0.25) is 0 Å². The molecule has 2 aromatic rings. The van der Waals surface area contributed by atoms with Gasteiger partial charge < -0.3 is 14.9 Å². The first-order chi connectivity index (χ1) is 11.9. The highest BCUT2D eigenvalue weighted by atomic mass is 35.5. The third-order valence-corrected chi connectivity index (χ3v) is 4.77. The zero-order chi connectivity index (χ0) is 18.0. The number of carbonyl (C=O) groups is 1. The smallest absolute Gasteiger partial charge is 0.256 e. The Balaban J connectivity index is 1.73. The molecule has 0 spiro atoms. The van der Waals surface area contributed by atoms with Crippen LogP contribution >= 0.6 is 11.6 Å². The molecule has 2 aromatic carbocycles. The minimum absolute atomic E-state index is 0.0204. The number of phenolic OH excluding ortho intramolecular Hbond substituents is 1. The molecule has 1 aliphatic heterocycles. The zero-order valence-electron chi connectivity index (χ0n) is 14.6. The van der Waals surface area contributed by atoms with Crippen molar-refractivity contribution in [3.8, 4) is 5.75 Å².